The van der Waals surface area contributed by atoms with Crippen molar-refractivity contribution in [2.24, 2.45) is 5.41 Å². The molecule has 1 aromatic rings. The number of aliphatic hydroxyl groups is 1. The van der Waals surface area contributed by atoms with Gasteiger partial charge in [0.25, 0.3) is 5.91 Å². The fourth-order valence-electron chi connectivity index (χ4n) is 1.89. The quantitative estimate of drug-likeness (QED) is 0.795. The Morgan fingerprint density at radius 1 is 1.59 bits per heavy atom. The first-order valence-corrected chi connectivity index (χ1v) is 6.68. The monoisotopic (exact) mass is 255 g/mol. The predicted molar refractivity (Wildman–Crippen MR) is 65.0 cm³/mol. The molecule has 0 aliphatic heterocycles. The van der Waals surface area contributed by atoms with Crippen LogP contribution in [0.2, 0.25) is 0 Å². The van der Waals surface area contributed by atoms with Gasteiger partial charge in [-0.15, -0.1) is 5.10 Å². The number of hydrogen-bond acceptors (Lipinski definition) is 5. The lowest BCUT2D eigenvalue weighted by Crippen LogP contribution is -2.30. The third kappa shape index (κ3) is 2.81. The molecule has 5 nitrogen and oxygen atoms in total. The molecule has 94 valence electrons. The lowest BCUT2D eigenvalue weighted by molar-refractivity contribution is 0.0944. The van der Waals surface area contributed by atoms with Crippen molar-refractivity contribution < 1.29 is 9.90 Å². The molecule has 0 bridgehead atoms. The van der Waals surface area contributed by atoms with E-state index < -0.39 is 0 Å². The van der Waals surface area contributed by atoms with Gasteiger partial charge in [-0.3, -0.25) is 4.79 Å². The van der Waals surface area contributed by atoms with Gasteiger partial charge < -0.3 is 10.4 Å². The Labute approximate surface area is 104 Å². The minimum atomic E-state index is -0.0823. The highest BCUT2D eigenvalue weighted by Gasteiger charge is 2.42. The largest absolute Gasteiger partial charge is 0.396 e. The molecule has 0 aromatic carbocycles. The zero-order valence-corrected chi connectivity index (χ0v) is 10.7. The lowest BCUT2D eigenvalue weighted by Gasteiger charge is -2.13. The summed E-state index contributed by atoms with van der Waals surface area (Å²) in [6.07, 6.45) is 3.68. The molecule has 0 radical (unpaired) electrons. The Hall–Kier alpha value is -1.01. The molecule has 1 fully saturated rings. The summed E-state index contributed by atoms with van der Waals surface area (Å²) in [6.45, 7) is 2.80. The molecule has 0 spiro atoms. The fourth-order valence-corrected chi connectivity index (χ4v) is 2.56. The van der Waals surface area contributed by atoms with Gasteiger partial charge in [-0.25, -0.2) is 0 Å². The normalized spacial score (nSPS) is 16.8. The standard InChI is InChI=1S/C11H17N3O2S/c1-2-8-9(17-14-13-8)10(16)12-7-11(3-4-11)5-6-15/h15H,2-7H2,1H3,(H,12,16). The van der Waals surface area contributed by atoms with E-state index in [0.717, 1.165) is 42.9 Å². The molecule has 1 saturated carbocycles. The van der Waals surface area contributed by atoms with E-state index >= 15 is 0 Å². The van der Waals surface area contributed by atoms with Crippen LogP contribution in [0, 0.1) is 5.41 Å². The summed E-state index contributed by atoms with van der Waals surface area (Å²) in [4.78, 5) is 12.5. The van der Waals surface area contributed by atoms with Gasteiger partial charge in [0.1, 0.15) is 4.88 Å². The molecule has 2 N–H and O–H groups in total. The number of carbonyl (C=O) groups is 1. The van der Waals surface area contributed by atoms with Crippen molar-refractivity contribution in [1.29, 1.82) is 0 Å². The molecule has 1 amide bonds. The van der Waals surface area contributed by atoms with Crippen molar-refractivity contribution >= 4 is 17.4 Å². The van der Waals surface area contributed by atoms with Crippen molar-refractivity contribution in [1.82, 2.24) is 14.9 Å². The van der Waals surface area contributed by atoms with Gasteiger partial charge >= 0.3 is 0 Å². The van der Waals surface area contributed by atoms with E-state index in [-0.39, 0.29) is 17.9 Å². The molecule has 2 rings (SSSR count). The average Bonchev–Trinajstić information content (AvgIpc) is 2.93. The SMILES string of the molecule is CCc1nnsc1C(=O)NCC1(CCO)CC1. The van der Waals surface area contributed by atoms with Gasteiger partial charge in [0.2, 0.25) is 0 Å². The van der Waals surface area contributed by atoms with Crippen LogP contribution in [0.15, 0.2) is 0 Å². The van der Waals surface area contributed by atoms with Crippen LogP contribution in [0.1, 0.15) is 41.6 Å². The highest BCUT2D eigenvalue weighted by atomic mass is 32.1. The first-order valence-electron chi connectivity index (χ1n) is 5.91. The molecule has 0 saturated heterocycles. The third-order valence-corrected chi connectivity index (χ3v) is 4.09. The molecule has 1 heterocycles. The Morgan fingerprint density at radius 2 is 2.35 bits per heavy atom. The van der Waals surface area contributed by atoms with Crippen molar-refractivity contribution in [2.45, 2.75) is 32.6 Å². The minimum Gasteiger partial charge on any atom is -0.396 e. The van der Waals surface area contributed by atoms with Gasteiger partial charge in [0.15, 0.2) is 0 Å². The number of aromatic nitrogens is 2. The van der Waals surface area contributed by atoms with Crippen LogP contribution in [-0.2, 0) is 6.42 Å². The number of amides is 1. The maximum absolute atomic E-state index is 11.9. The summed E-state index contributed by atoms with van der Waals surface area (Å²) in [5.74, 6) is -0.0823. The molecule has 1 aromatic heterocycles. The first kappa shape index (κ1) is 12.4. The Kier molecular flexibility index (Phi) is 3.73. The average molecular weight is 255 g/mol. The molecule has 1 aliphatic rings. The molecule has 0 atom stereocenters. The Balaban J connectivity index is 1.90. The van der Waals surface area contributed by atoms with Crippen LogP contribution in [-0.4, -0.2) is 33.8 Å². The van der Waals surface area contributed by atoms with E-state index in [1.165, 1.54) is 0 Å². The van der Waals surface area contributed by atoms with E-state index in [1.54, 1.807) is 0 Å². The van der Waals surface area contributed by atoms with E-state index in [4.69, 9.17) is 5.11 Å². The smallest absolute Gasteiger partial charge is 0.264 e. The van der Waals surface area contributed by atoms with Crippen molar-refractivity contribution in [3.05, 3.63) is 10.6 Å². The van der Waals surface area contributed by atoms with Crippen molar-refractivity contribution in [2.75, 3.05) is 13.2 Å². The highest BCUT2D eigenvalue weighted by molar-refractivity contribution is 7.08. The van der Waals surface area contributed by atoms with Crippen LogP contribution in [0.4, 0.5) is 0 Å². The second-order valence-corrected chi connectivity index (χ2v) is 5.31. The Morgan fingerprint density at radius 3 is 2.94 bits per heavy atom. The zero-order chi connectivity index (χ0) is 12.3. The molecule has 17 heavy (non-hydrogen) atoms. The number of nitrogens with zero attached hydrogens (tertiary/aromatic N) is 2. The molecule has 0 unspecified atom stereocenters. The molecular weight excluding hydrogens is 238 g/mol. The van der Waals surface area contributed by atoms with Crippen LogP contribution < -0.4 is 5.32 Å². The minimum absolute atomic E-state index is 0.0823. The lowest BCUT2D eigenvalue weighted by atomic mass is 10.0. The zero-order valence-electron chi connectivity index (χ0n) is 9.90. The number of aryl methyl sites for hydroxylation is 1. The predicted octanol–water partition coefficient (Wildman–Crippen LogP) is 0.993. The molecule has 6 heteroatoms. The fraction of sp³-hybridized carbons (Fsp3) is 0.727. The highest BCUT2D eigenvalue weighted by Crippen LogP contribution is 2.47. The summed E-state index contributed by atoms with van der Waals surface area (Å²) in [7, 11) is 0. The maximum Gasteiger partial charge on any atom is 0.264 e. The van der Waals surface area contributed by atoms with Crippen LogP contribution in [0.5, 0.6) is 0 Å². The number of aliphatic hydroxyl groups excluding tert-OH is 1. The third-order valence-electron chi connectivity index (χ3n) is 3.32. The molecular formula is C11H17N3O2S. The second-order valence-electron chi connectivity index (χ2n) is 4.56. The number of rotatable bonds is 6. The van der Waals surface area contributed by atoms with Crippen molar-refractivity contribution in [3.8, 4) is 0 Å². The van der Waals surface area contributed by atoms with E-state index in [9.17, 15) is 4.79 Å². The summed E-state index contributed by atoms with van der Waals surface area (Å²) in [6, 6.07) is 0. The topological polar surface area (TPSA) is 75.1 Å². The van der Waals surface area contributed by atoms with Gasteiger partial charge in [-0.2, -0.15) is 0 Å². The van der Waals surface area contributed by atoms with Gasteiger partial charge in [-0.1, -0.05) is 11.4 Å². The van der Waals surface area contributed by atoms with E-state index in [1.807, 2.05) is 6.92 Å². The van der Waals surface area contributed by atoms with Crippen molar-refractivity contribution in [3.63, 3.8) is 0 Å². The maximum atomic E-state index is 11.9. The van der Waals surface area contributed by atoms with Crippen LogP contribution in [0.25, 0.3) is 0 Å². The van der Waals surface area contributed by atoms with Gasteiger partial charge in [0.05, 0.1) is 5.69 Å². The van der Waals surface area contributed by atoms with E-state index in [0.29, 0.717) is 11.4 Å². The van der Waals surface area contributed by atoms with Gasteiger partial charge in [0, 0.05) is 13.2 Å². The second kappa shape index (κ2) is 5.10. The molecule has 1 aliphatic carbocycles. The summed E-state index contributed by atoms with van der Waals surface area (Å²) in [5.41, 5.74) is 0.911. The summed E-state index contributed by atoms with van der Waals surface area (Å²) in [5, 5.41) is 15.8. The first-order chi connectivity index (χ1) is 8.21. The summed E-state index contributed by atoms with van der Waals surface area (Å²) >= 11 is 1.14. The van der Waals surface area contributed by atoms with Crippen LogP contribution >= 0.6 is 11.5 Å². The van der Waals surface area contributed by atoms with Crippen LogP contribution in [0.3, 0.4) is 0 Å². The Bertz CT molecular complexity index is 401. The summed E-state index contributed by atoms with van der Waals surface area (Å²) < 4.78 is 3.80. The van der Waals surface area contributed by atoms with E-state index in [2.05, 4.69) is 14.9 Å². The number of carbonyl (C=O) groups excluding carboxylic acids is 1. The number of hydrogen-bond donors (Lipinski definition) is 2. The van der Waals surface area contributed by atoms with Gasteiger partial charge in [-0.05, 0) is 42.6 Å². The number of nitrogens with one attached hydrogen (secondary N) is 1.